The molecule has 0 bridgehead atoms. The number of nitrogens with one attached hydrogen (secondary N) is 1. The van der Waals surface area contributed by atoms with Gasteiger partial charge in [-0.05, 0) is 31.0 Å². The van der Waals surface area contributed by atoms with E-state index in [4.69, 9.17) is 27.7 Å². The van der Waals surface area contributed by atoms with Crippen LogP contribution in [0.2, 0.25) is 10.0 Å². The summed E-state index contributed by atoms with van der Waals surface area (Å²) in [6, 6.07) is 6.41. The molecule has 1 fully saturated rings. The predicted octanol–water partition coefficient (Wildman–Crippen LogP) is 3.90. The number of likely N-dealkylation sites (tertiary alicyclic amines) is 1. The van der Waals surface area contributed by atoms with Crippen LogP contribution in [0.1, 0.15) is 24.5 Å². The second-order valence-electron chi connectivity index (χ2n) is 7.50. The standard InChI is InChI=1S/C20H16Cl2N6O4/c21-12-5-11(6-13(22)7-12)19-25-17(26-32-19)14-9-23-28-15(8-16(29)24-18(14)28)10-1-3-27(4-2-10)20(30)31/h5-10H,1-4H2,(H,24,29)(H,30,31). The number of fused-ring (bicyclic) bond motifs is 1. The molecule has 0 saturated carbocycles. The molecule has 0 radical (unpaired) electrons. The topological polar surface area (TPSA) is 130 Å². The van der Waals surface area contributed by atoms with Gasteiger partial charge in [0.25, 0.3) is 11.4 Å². The molecule has 0 aliphatic carbocycles. The third-order valence-corrected chi connectivity index (χ3v) is 5.93. The van der Waals surface area contributed by atoms with Gasteiger partial charge in [0.2, 0.25) is 5.82 Å². The summed E-state index contributed by atoms with van der Waals surface area (Å²) in [4.78, 5) is 32.2. The smallest absolute Gasteiger partial charge is 0.407 e. The number of rotatable bonds is 3. The molecule has 1 aliphatic heterocycles. The van der Waals surface area contributed by atoms with Crippen LogP contribution in [0, 0.1) is 0 Å². The molecular formula is C20H16Cl2N6O4. The molecule has 0 unspecified atom stereocenters. The number of aromatic amines is 1. The Hall–Kier alpha value is -3.37. The molecule has 164 valence electrons. The number of carboxylic acid groups (broad SMARTS) is 1. The van der Waals surface area contributed by atoms with E-state index >= 15 is 0 Å². The van der Waals surface area contributed by atoms with E-state index in [2.05, 4.69) is 20.2 Å². The van der Waals surface area contributed by atoms with Crippen molar-refractivity contribution in [3.8, 4) is 22.8 Å². The first-order valence-corrected chi connectivity index (χ1v) is 10.5. The first kappa shape index (κ1) is 20.5. The molecule has 10 nitrogen and oxygen atoms in total. The minimum Gasteiger partial charge on any atom is -0.465 e. The number of hydrogen-bond donors (Lipinski definition) is 2. The minimum atomic E-state index is -0.935. The van der Waals surface area contributed by atoms with Gasteiger partial charge in [0.1, 0.15) is 5.65 Å². The monoisotopic (exact) mass is 474 g/mol. The maximum atomic E-state index is 12.4. The lowest BCUT2D eigenvalue weighted by atomic mass is 9.93. The van der Waals surface area contributed by atoms with Gasteiger partial charge < -0.3 is 19.5 Å². The molecule has 12 heteroatoms. The lowest BCUT2D eigenvalue weighted by Gasteiger charge is -2.30. The Morgan fingerprint density at radius 1 is 1.16 bits per heavy atom. The number of benzene rings is 1. The summed E-state index contributed by atoms with van der Waals surface area (Å²) >= 11 is 12.1. The summed E-state index contributed by atoms with van der Waals surface area (Å²) < 4.78 is 7.02. The molecule has 1 aromatic carbocycles. The number of H-pyrrole nitrogens is 1. The normalized spacial score (nSPS) is 14.9. The lowest BCUT2D eigenvalue weighted by molar-refractivity contribution is 0.131. The van der Waals surface area contributed by atoms with Gasteiger partial charge in [0.05, 0.1) is 17.5 Å². The maximum Gasteiger partial charge on any atom is 0.407 e. The number of hydrogen-bond acceptors (Lipinski definition) is 6. The number of halogens is 2. The fourth-order valence-electron chi connectivity index (χ4n) is 3.96. The largest absolute Gasteiger partial charge is 0.465 e. The zero-order chi connectivity index (χ0) is 22.4. The van der Waals surface area contributed by atoms with Crippen LogP contribution in [0.25, 0.3) is 28.5 Å². The Bertz CT molecular complexity index is 1370. The Morgan fingerprint density at radius 2 is 1.88 bits per heavy atom. The van der Waals surface area contributed by atoms with Gasteiger partial charge in [-0.15, -0.1) is 0 Å². The van der Waals surface area contributed by atoms with Crippen molar-refractivity contribution in [1.29, 1.82) is 0 Å². The summed E-state index contributed by atoms with van der Waals surface area (Å²) in [5, 5.41) is 18.5. The third kappa shape index (κ3) is 3.71. The van der Waals surface area contributed by atoms with Crippen LogP contribution in [0.5, 0.6) is 0 Å². The van der Waals surface area contributed by atoms with Gasteiger partial charge in [-0.3, -0.25) is 4.79 Å². The van der Waals surface area contributed by atoms with E-state index in [1.807, 2.05) is 0 Å². The molecule has 4 aromatic rings. The number of nitrogens with zero attached hydrogens (tertiary/aromatic N) is 5. The fraction of sp³-hybridized carbons (Fsp3) is 0.250. The molecule has 2 N–H and O–H groups in total. The zero-order valence-electron chi connectivity index (χ0n) is 16.5. The van der Waals surface area contributed by atoms with Crippen molar-refractivity contribution in [2.75, 3.05) is 13.1 Å². The first-order valence-electron chi connectivity index (χ1n) is 9.78. The van der Waals surface area contributed by atoms with Gasteiger partial charge in [0, 0.05) is 40.7 Å². The van der Waals surface area contributed by atoms with Crippen LogP contribution < -0.4 is 5.56 Å². The quantitative estimate of drug-likeness (QED) is 0.460. The lowest BCUT2D eigenvalue weighted by Crippen LogP contribution is -2.37. The highest BCUT2D eigenvalue weighted by Gasteiger charge is 2.27. The number of aromatic nitrogens is 5. The summed E-state index contributed by atoms with van der Waals surface area (Å²) in [5.74, 6) is 0.473. The molecule has 0 spiro atoms. The third-order valence-electron chi connectivity index (χ3n) is 5.49. The first-order chi connectivity index (χ1) is 15.4. The van der Waals surface area contributed by atoms with E-state index < -0.39 is 6.09 Å². The predicted molar refractivity (Wildman–Crippen MR) is 116 cm³/mol. The maximum absolute atomic E-state index is 12.4. The highest BCUT2D eigenvalue weighted by atomic mass is 35.5. The van der Waals surface area contributed by atoms with Crippen molar-refractivity contribution in [3.05, 3.63) is 56.6 Å². The summed E-state index contributed by atoms with van der Waals surface area (Å²) in [6.45, 7) is 0.803. The molecule has 0 atom stereocenters. The molecule has 1 amide bonds. The van der Waals surface area contributed by atoms with Crippen molar-refractivity contribution < 1.29 is 14.4 Å². The molecule has 4 heterocycles. The van der Waals surface area contributed by atoms with E-state index in [0.717, 1.165) is 0 Å². The van der Waals surface area contributed by atoms with Crippen LogP contribution in [0.15, 0.2) is 39.8 Å². The van der Waals surface area contributed by atoms with Gasteiger partial charge in [-0.2, -0.15) is 10.1 Å². The average Bonchev–Trinajstić information content (AvgIpc) is 3.39. The van der Waals surface area contributed by atoms with Crippen molar-refractivity contribution in [2.24, 2.45) is 0 Å². The van der Waals surface area contributed by atoms with Crippen molar-refractivity contribution in [2.45, 2.75) is 18.8 Å². The van der Waals surface area contributed by atoms with Crippen LogP contribution in [0.3, 0.4) is 0 Å². The second kappa shape index (κ2) is 7.95. The summed E-state index contributed by atoms with van der Waals surface area (Å²) in [5.41, 5.74) is 1.92. The van der Waals surface area contributed by atoms with Gasteiger partial charge in [0.15, 0.2) is 0 Å². The Kier molecular flexibility index (Phi) is 5.10. The average molecular weight is 475 g/mol. The number of amides is 1. The summed E-state index contributed by atoms with van der Waals surface area (Å²) in [6.07, 6.45) is 1.82. The molecule has 1 saturated heterocycles. The fourth-order valence-corrected chi connectivity index (χ4v) is 4.49. The van der Waals surface area contributed by atoms with Gasteiger partial charge >= 0.3 is 6.09 Å². The van der Waals surface area contributed by atoms with Crippen LogP contribution in [-0.2, 0) is 0 Å². The molecular weight excluding hydrogens is 459 g/mol. The van der Waals surface area contributed by atoms with Crippen LogP contribution in [0.4, 0.5) is 4.79 Å². The van der Waals surface area contributed by atoms with Crippen molar-refractivity contribution in [3.63, 3.8) is 0 Å². The van der Waals surface area contributed by atoms with E-state index in [1.54, 1.807) is 28.9 Å². The molecule has 3 aromatic heterocycles. The highest BCUT2D eigenvalue weighted by molar-refractivity contribution is 6.35. The van der Waals surface area contributed by atoms with Crippen molar-refractivity contribution >= 4 is 34.9 Å². The zero-order valence-corrected chi connectivity index (χ0v) is 18.0. The Balaban J connectivity index is 1.51. The van der Waals surface area contributed by atoms with Gasteiger partial charge in [-0.1, -0.05) is 28.4 Å². The minimum absolute atomic E-state index is 0.00224. The number of carbonyl (C=O) groups is 1. The van der Waals surface area contributed by atoms with E-state index in [9.17, 15) is 14.7 Å². The molecule has 32 heavy (non-hydrogen) atoms. The van der Waals surface area contributed by atoms with E-state index in [1.165, 1.54) is 11.0 Å². The van der Waals surface area contributed by atoms with Crippen LogP contribution >= 0.6 is 23.2 Å². The SMILES string of the molecule is O=C(O)N1CCC(c2cc(=O)[nH]c3c(-c4noc(-c5cc(Cl)cc(Cl)c5)n4)cnn23)CC1. The van der Waals surface area contributed by atoms with Crippen LogP contribution in [-0.4, -0.2) is 53.9 Å². The van der Waals surface area contributed by atoms with E-state index in [0.29, 0.717) is 58.4 Å². The van der Waals surface area contributed by atoms with Crippen molar-refractivity contribution in [1.82, 2.24) is 29.6 Å². The van der Waals surface area contributed by atoms with E-state index in [-0.39, 0.29) is 23.2 Å². The molecule has 1 aliphatic rings. The highest BCUT2D eigenvalue weighted by Crippen LogP contribution is 2.31. The number of piperidine rings is 1. The summed E-state index contributed by atoms with van der Waals surface area (Å²) in [7, 11) is 0. The van der Waals surface area contributed by atoms with Gasteiger partial charge in [-0.25, -0.2) is 9.31 Å². The molecule has 5 rings (SSSR count). The second-order valence-corrected chi connectivity index (χ2v) is 8.38. The Labute approximate surface area is 190 Å². The Morgan fingerprint density at radius 3 is 2.56 bits per heavy atom.